The number of rotatable bonds is 5. The second-order valence-corrected chi connectivity index (χ2v) is 6.49. The number of ether oxygens (including phenoxy) is 1. The Morgan fingerprint density at radius 2 is 1.68 bits per heavy atom. The van der Waals surface area contributed by atoms with Crippen LogP contribution in [-0.4, -0.2) is 40.4 Å². The first-order chi connectivity index (χ1) is 11.9. The molecule has 3 rings (SSSR count). The maximum Gasteiger partial charge on any atom is 0.262 e. The Kier molecular flexibility index (Phi) is 4.59. The molecule has 5 heteroatoms. The smallest absolute Gasteiger partial charge is 0.262 e. The molecule has 1 amide bonds. The minimum absolute atomic E-state index is 0.371. The maximum absolute atomic E-state index is 12.2. The summed E-state index contributed by atoms with van der Waals surface area (Å²) in [5.74, 6) is -0.267. The number of carbonyl (C=O) groups is 2. The van der Waals surface area contributed by atoms with Gasteiger partial charge in [-0.25, -0.2) is 0 Å². The van der Waals surface area contributed by atoms with Crippen molar-refractivity contribution in [3.05, 3.63) is 65.7 Å². The molecule has 1 aliphatic heterocycles. The van der Waals surface area contributed by atoms with Crippen LogP contribution in [0.3, 0.4) is 0 Å². The van der Waals surface area contributed by atoms with Crippen LogP contribution in [0.25, 0.3) is 0 Å². The number of carbonyl (C=O) groups excluding carboxylic acids is 2. The van der Waals surface area contributed by atoms with E-state index in [0.717, 1.165) is 16.9 Å². The van der Waals surface area contributed by atoms with E-state index in [1.54, 1.807) is 7.05 Å². The Hall–Kier alpha value is -2.66. The zero-order valence-corrected chi connectivity index (χ0v) is 14.3. The monoisotopic (exact) mass is 339 g/mol. The molecule has 2 aromatic rings. The quantitative estimate of drug-likeness (QED) is 0.846. The number of hydrogen-bond donors (Lipinski definition) is 1. The van der Waals surface area contributed by atoms with E-state index < -0.39 is 23.3 Å². The SMILES string of the molecule is CN1C(=O)[C@](C)(O)C(=O)[C@@H]1Cc1ccc(OCc2ccccc2)cc1. The molecule has 25 heavy (non-hydrogen) atoms. The van der Waals surface area contributed by atoms with Crippen LogP contribution >= 0.6 is 0 Å². The standard InChI is InChI=1S/C20H21NO4/c1-20(24)18(22)17(21(2)19(20)23)12-14-8-10-16(11-9-14)25-13-15-6-4-3-5-7-15/h3-11,17,24H,12-13H2,1-2H3/t17-,20+/m0/s1. The zero-order chi connectivity index (χ0) is 18.0. The lowest BCUT2D eigenvalue weighted by Gasteiger charge is -2.18. The van der Waals surface area contributed by atoms with E-state index >= 15 is 0 Å². The summed E-state index contributed by atoms with van der Waals surface area (Å²) in [4.78, 5) is 25.5. The van der Waals surface area contributed by atoms with E-state index in [-0.39, 0.29) is 0 Å². The van der Waals surface area contributed by atoms with Gasteiger partial charge < -0.3 is 14.7 Å². The fraction of sp³-hybridized carbons (Fsp3) is 0.300. The average molecular weight is 339 g/mol. The summed E-state index contributed by atoms with van der Waals surface area (Å²) in [5, 5.41) is 10.0. The molecule has 1 aliphatic rings. The molecule has 0 bridgehead atoms. The second-order valence-electron chi connectivity index (χ2n) is 6.49. The topological polar surface area (TPSA) is 66.8 Å². The van der Waals surface area contributed by atoms with E-state index in [9.17, 15) is 14.7 Å². The van der Waals surface area contributed by atoms with Crippen LogP contribution in [0.1, 0.15) is 18.1 Å². The minimum Gasteiger partial charge on any atom is -0.489 e. The Morgan fingerprint density at radius 3 is 2.24 bits per heavy atom. The van der Waals surface area contributed by atoms with Gasteiger partial charge in [0.15, 0.2) is 5.78 Å². The third-order valence-electron chi connectivity index (χ3n) is 4.59. The van der Waals surface area contributed by atoms with Gasteiger partial charge in [-0.05, 0) is 30.2 Å². The average Bonchev–Trinajstić information content (AvgIpc) is 2.77. The van der Waals surface area contributed by atoms with Gasteiger partial charge in [-0.15, -0.1) is 0 Å². The van der Waals surface area contributed by atoms with Gasteiger partial charge in [-0.3, -0.25) is 9.59 Å². The third-order valence-corrected chi connectivity index (χ3v) is 4.59. The number of nitrogens with zero attached hydrogens (tertiary/aromatic N) is 1. The molecule has 0 aliphatic carbocycles. The third kappa shape index (κ3) is 3.42. The van der Waals surface area contributed by atoms with Crippen molar-refractivity contribution in [3.63, 3.8) is 0 Å². The molecule has 1 heterocycles. The summed E-state index contributed by atoms with van der Waals surface area (Å²) >= 11 is 0. The van der Waals surface area contributed by atoms with Crippen molar-refractivity contribution in [1.82, 2.24) is 4.90 Å². The van der Waals surface area contributed by atoms with Crippen molar-refractivity contribution in [2.24, 2.45) is 0 Å². The molecule has 2 atom stereocenters. The molecule has 0 radical (unpaired) electrons. The first-order valence-electron chi connectivity index (χ1n) is 8.19. The molecule has 1 N–H and O–H groups in total. The first kappa shape index (κ1) is 17.2. The molecule has 0 aromatic heterocycles. The van der Waals surface area contributed by atoms with Crippen molar-refractivity contribution in [2.45, 2.75) is 31.6 Å². The molecule has 0 saturated carbocycles. The zero-order valence-electron chi connectivity index (χ0n) is 14.3. The van der Waals surface area contributed by atoms with Gasteiger partial charge in [-0.1, -0.05) is 42.5 Å². The van der Waals surface area contributed by atoms with Crippen LogP contribution < -0.4 is 4.74 Å². The van der Waals surface area contributed by atoms with E-state index in [2.05, 4.69) is 0 Å². The van der Waals surface area contributed by atoms with Gasteiger partial charge in [0, 0.05) is 13.5 Å². The first-order valence-corrected chi connectivity index (χ1v) is 8.19. The van der Waals surface area contributed by atoms with Gasteiger partial charge in [-0.2, -0.15) is 0 Å². The molecule has 0 spiro atoms. The number of ketones is 1. The number of benzene rings is 2. The summed E-state index contributed by atoms with van der Waals surface area (Å²) in [6.45, 7) is 1.75. The van der Waals surface area contributed by atoms with E-state index in [1.165, 1.54) is 11.8 Å². The highest BCUT2D eigenvalue weighted by Crippen LogP contribution is 2.26. The number of hydrogen-bond acceptors (Lipinski definition) is 4. The number of likely N-dealkylation sites (N-methyl/N-ethyl adjacent to an activating group) is 1. The molecule has 130 valence electrons. The number of amides is 1. The summed E-state index contributed by atoms with van der Waals surface area (Å²) < 4.78 is 5.74. The highest BCUT2D eigenvalue weighted by molar-refractivity contribution is 6.16. The fourth-order valence-electron chi connectivity index (χ4n) is 3.01. The highest BCUT2D eigenvalue weighted by Gasteiger charge is 2.53. The summed E-state index contributed by atoms with van der Waals surface area (Å²) in [6.07, 6.45) is 0.371. The van der Waals surface area contributed by atoms with Crippen molar-refractivity contribution in [1.29, 1.82) is 0 Å². The molecule has 5 nitrogen and oxygen atoms in total. The Morgan fingerprint density at radius 1 is 1.04 bits per heavy atom. The second kappa shape index (κ2) is 6.69. The van der Waals surface area contributed by atoms with Crippen LogP contribution in [-0.2, 0) is 22.6 Å². The predicted octanol–water partition coefficient (Wildman–Crippen LogP) is 1.97. The lowest BCUT2D eigenvalue weighted by molar-refractivity contribution is -0.146. The molecule has 2 aromatic carbocycles. The summed E-state index contributed by atoms with van der Waals surface area (Å²) in [5.41, 5.74) is 0.0753. The van der Waals surface area contributed by atoms with Crippen molar-refractivity contribution < 1.29 is 19.4 Å². The van der Waals surface area contributed by atoms with Crippen molar-refractivity contribution in [2.75, 3.05) is 7.05 Å². The van der Waals surface area contributed by atoms with Gasteiger partial charge >= 0.3 is 0 Å². The van der Waals surface area contributed by atoms with Crippen LogP contribution in [0.4, 0.5) is 0 Å². The minimum atomic E-state index is -1.92. The highest BCUT2D eigenvalue weighted by atomic mass is 16.5. The molecule has 1 saturated heterocycles. The Bertz CT molecular complexity index is 768. The molecule has 1 fully saturated rings. The van der Waals surface area contributed by atoms with E-state index in [4.69, 9.17) is 4.74 Å². The van der Waals surface area contributed by atoms with Crippen LogP contribution in [0, 0.1) is 0 Å². The normalized spacial score (nSPS) is 23.2. The van der Waals surface area contributed by atoms with E-state index in [0.29, 0.717) is 13.0 Å². The Balaban J connectivity index is 1.63. The van der Waals surface area contributed by atoms with Crippen molar-refractivity contribution in [3.8, 4) is 5.75 Å². The van der Waals surface area contributed by atoms with Crippen LogP contribution in [0.2, 0.25) is 0 Å². The molecule has 0 unspecified atom stereocenters. The fourth-order valence-corrected chi connectivity index (χ4v) is 3.01. The number of aliphatic hydroxyl groups is 1. The summed E-state index contributed by atoms with van der Waals surface area (Å²) in [7, 11) is 1.55. The lowest BCUT2D eigenvalue weighted by Crippen LogP contribution is -2.39. The van der Waals surface area contributed by atoms with E-state index in [1.807, 2.05) is 54.6 Å². The van der Waals surface area contributed by atoms with Crippen LogP contribution in [0.15, 0.2) is 54.6 Å². The van der Waals surface area contributed by atoms with Crippen molar-refractivity contribution >= 4 is 11.7 Å². The maximum atomic E-state index is 12.2. The Labute approximate surface area is 146 Å². The lowest BCUT2D eigenvalue weighted by atomic mass is 9.96. The molecular formula is C20H21NO4. The number of Topliss-reactive ketones (excluding diaryl/α,β-unsaturated/α-hetero) is 1. The van der Waals surface area contributed by atoms with Gasteiger partial charge in [0.25, 0.3) is 5.91 Å². The van der Waals surface area contributed by atoms with Gasteiger partial charge in [0.1, 0.15) is 12.4 Å². The molecular weight excluding hydrogens is 318 g/mol. The van der Waals surface area contributed by atoms with Gasteiger partial charge in [0.2, 0.25) is 5.60 Å². The largest absolute Gasteiger partial charge is 0.489 e. The summed E-state index contributed by atoms with van der Waals surface area (Å²) in [6, 6.07) is 16.7. The van der Waals surface area contributed by atoms with Gasteiger partial charge in [0.05, 0.1) is 6.04 Å². The number of likely N-dealkylation sites (tertiary alicyclic amines) is 1. The van der Waals surface area contributed by atoms with Crippen LogP contribution in [0.5, 0.6) is 5.75 Å². The predicted molar refractivity (Wildman–Crippen MR) is 93.1 cm³/mol.